The lowest BCUT2D eigenvalue weighted by atomic mass is 9.85. The van der Waals surface area contributed by atoms with Crippen molar-refractivity contribution in [3.05, 3.63) is 59.2 Å². The monoisotopic (exact) mass is 477 g/mol. The van der Waals surface area contributed by atoms with E-state index in [0.717, 1.165) is 43.6 Å². The summed E-state index contributed by atoms with van der Waals surface area (Å²) in [7, 11) is -1.41. The molecule has 0 radical (unpaired) electrons. The van der Waals surface area contributed by atoms with Gasteiger partial charge >= 0.3 is 10.4 Å². The molecule has 0 spiro atoms. The predicted molar refractivity (Wildman–Crippen MR) is 124 cm³/mol. The largest absolute Gasteiger partial charge is 0.493 e. The van der Waals surface area contributed by atoms with E-state index >= 15 is 0 Å². The zero-order valence-corrected chi connectivity index (χ0v) is 19.8. The molecule has 0 aromatic heterocycles. The molecule has 1 aliphatic carbocycles. The van der Waals surface area contributed by atoms with E-state index in [-0.39, 0.29) is 11.7 Å². The van der Waals surface area contributed by atoms with Crippen LogP contribution in [0.5, 0.6) is 11.5 Å². The summed E-state index contributed by atoms with van der Waals surface area (Å²) in [5.41, 5.74) is 3.31. The van der Waals surface area contributed by atoms with Gasteiger partial charge in [0.1, 0.15) is 0 Å². The van der Waals surface area contributed by atoms with Crippen molar-refractivity contribution in [3.8, 4) is 11.5 Å². The standard InChI is InChI=1S/C24H29NO3.H2O4S/c1-27-22-14-19-13-20(24(26)21(19)15-23(22)28-2)12-17-8-10-25(11-9-17)16-18-6-4-3-5-7-18;1-5(2,3)4/h3-7,14-15,17,20H,8-13,16H2,1-2H3;(H2,1,2,3,4). The van der Waals surface area contributed by atoms with E-state index in [4.69, 9.17) is 27.0 Å². The topological polar surface area (TPSA) is 113 Å². The fraction of sp³-hybridized carbons (Fsp3) is 0.458. The van der Waals surface area contributed by atoms with Crippen LogP contribution in [0.15, 0.2) is 42.5 Å². The van der Waals surface area contributed by atoms with Crippen LogP contribution in [-0.4, -0.2) is 55.5 Å². The lowest BCUT2D eigenvalue weighted by Gasteiger charge is -2.32. The number of hydrogen-bond donors (Lipinski definition) is 2. The first-order chi connectivity index (χ1) is 15.7. The highest BCUT2D eigenvalue weighted by molar-refractivity contribution is 7.79. The molecule has 1 fully saturated rings. The summed E-state index contributed by atoms with van der Waals surface area (Å²) in [6, 6.07) is 14.5. The maximum Gasteiger partial charge on any atom is 0.394 e. The normalized spacial score (nSPS) is 18.9. The van der Waals surface area contributed by atoms with Gasteiger partial charge < -0.3 is 9.47 Å². The number of nitrogens with zero attached hydrogens (tertiary/aromatic N) is 1. The number of carbonyl (C=O) groups excluding carboxylic acids is 1. The Kier molecular flexibility index (Phi) is 8.47. The van der Waals surface area contributed by atoms with Crippen molar-refractivity contribution in [2.45, 2.75) is 32.2 Å². The van der Waals surface area contributed by atoms with Gasteiger partial charge in [-0.15, -0.1) is 0 Å². The molecule has 33 heavy (non-hydrogen) atoms. The van der Waals surface area contributed by atoms with Crippen LogP contribution in [0.25, 0.3) is 0 Å². The number of benzene rings is 2. The fourth-order valence-electron chi connectivity index (χ4n) is 4.71. The molecule has 2 N–H and O–H groups in total. The van der Waals surface area contributed by atoms with Crippen LogP contribution < -0.4 is 9.47 Å². The van der Waals surface area contributed by atoms with Crippen LogP contribution in [0.2, 0.25) is 0 Å². The van der Waals surface area contributed by atoms with Crippen molar-refractivity contribution in [1.29, 1.82) is 0 Å². The van der Waals surface area contributed by atoms with Gasteiger partial charge in [0.05, 0.1) is 14.2 Å². The number of piperidine rings is 1. The van der Waals surface area contributed by atoms with Gasteiger partial charge in [0.25, 0.3) is 0 Å². The average Bonchev–Trinajstić information content (AvgIpc) is 3.08. The Morgan fingerprint density at radius 1 is 1.00 bits per heavy atom. The number of likely N-dealkylation sites (tertiary alicyclic amines) is 1. The number of Topliss-reactive ketones (excluding diaryl/α,β-unsaturated/α-hetero) is 1. The Balaban J connectivity index is 0.000000555. The van der Waals surface area contributed by atoms with Gasteiger partial charge in [-0.1, -0.05) is 30.3 Å². The quantitative estimate of drug-likeness (QED) is 0.606. The van der Waals surface area contributed by atoms with Crippen molar-refractivity contribution < 1.29 is 31.8 Å². The van der Waals surface area contributed by atoms with E-state index in [0.29, 0.717) is 17.4 Å². The predicted octanol–water partition coefficient (Wildman–Crippen LogP) is 3.71. The first-order valence-corrected chi connectivity index (χ1v) is 12.3. The molecule has 180 valence electrons. The van der Waals surface area contributed by atoms with Crippen molar-refractivity contribution in [3.63, 3.8) is 0 Å². The van der Waals surface area contributed by atoms with Crippen LogP contribution in [0.4, 0.5) is 0 Å². The third-order valence-corrected chi connectivity index (χ3v) is 6.29. The molecule has 0 saturated carbocycles. The molecule has 2 aromatic carbocycles. The van der Waals surface area contributed by atoms with Crippen molar-refractivity contribution in [1.82, 2.24) is 4.90 Å². The minimum absolute atomic E-state index is 0.109. The minimum Gasteiger partial charge on any atom is -0.493 e. The highest BCUT2D eigenvalue weighted by Crippen LogP contribution is 2.39. The molecular formula is C24H31NO7S. The highest BCUT2D eigenvalue weighted by Gasteiger charge is 2.34. The number of ketones is 1. The van der Waals surface area contributed by atoms with E-state index < -0.39 is 10.4 Å². The van der Waals surface area contributed by atoms with Crippen LogP contribution in [0, 0.1) is 11.8 Å². The molecule has 1 atom stereocenters. The molecule has 8 nitrogen and oxygen atoms in total. The Morgan fingerprint density at radius 2 is 1.58 bits per heavy atom. The third-order valence-electron chi connectivity index (χ3n) is 6.29. The second kappa shape index (κ2) is 11.1. The average molecular weight is 478 g/mol. The summed E-state index contributed by atoms with van der Waals surface area (Å²) in [5.74, 6) is 2.38. The molecule has 0 bridgehead atoms. The molecule has 2 aromatic rings. The van der Waals surface area contributed by atoms with Crippen molar-refractivity contribution in [2.24, 2.45) is 11.8 Å². The van der Waals surface area contributed by atoms with Gasteiger partial charge in [0.15, 0.2) is 17.3 Å². The summed E-state index contributed by atoms with van der Waals surface area (Å²) < 4.78 is 42.4. The molecule has 1 aliphatic heterocycles. The maximum atomic E-state index is 12.9. The second-order valence-corrected chi connectivity index (χ2v) is 9.41. The summed E-state index contributed by atoms with van der Waals surface area (Å²) in [5, 5.41) is 0. The first kappa shape index (κ1) is 25.2. The molecular weight excluding hydrogens is 446 g/mol. The molecule has 1 unspecified atom stereocenters. The van der Waals surface area contributed by atoms with Gasteiger partial charge in [-0.3, -0.25) is 18.8 Å². The Hall–Kier alpha value is -2.46. The van der Waals surface area contributed by atoms with Gasteiger partial charge in [0, 0.05) is 18.0 Å². The third kappa shape index (κ3) is 7.26. The summed E-state index contributed by atoms with van der Waals surface area (Å²) in [4.78, 5) is 15.5. The van der Waals surface area contributed by atoms with Crippen LogP contribution in [-0.2, 0) is 23.4 Å². The highest BCUT2D eigenvalue weighted by atomic mass is 32.3. The van der Waals surface area contributed by atoms with E-state index in [2.05, 4.69) is 35.2 Å². The zero-order chi connectivity index (χ0) is 24.0. The van der Waals surface area contributed by atoms with Gasteiger partial charge in [-0.05, 0) is 68.0 Å². The van der Waals surface area contributed by atoms with Crippen molar-refractivity contribution >= 4 is 16.2 Å². The second-order valence-electron chi connectivity index (χ2n) is 8.52. The number of fused-ring (bicyclic) bond motifs is 1. The Bertz CT molecular complexity index is 1040. The van der Waals surface area contributed by atoms with E-state index in [9.17, 15) is 4.79 Å². The van der Waals surface area contributed by atoms with Crippen molar-refractivity contribution in [2.75, 3.05) is 27.3 Å². The molecule has 0 amide bonds. The first-order valence-electron chi connectivity index (χ1n) is 10.9. The van der Waals surface area contributed by atoms with Gasteiger partial charge in [-0.2, -0.15) is 8.42 Å². The molecule has 1 saturated heterocycles. The van der Waals surface area contributed by atoms with E-state index in [1.165, 1.54) is 18.4 Å². The van der Waals surface area contributed by atoms with E-state index in [1.54, 1.807) is 14.2 Å². The SMILES string of the molecule is COc1cc2c(cc1OC)C(=O)C(CC1CCN(Cc3ccccc3)CC1)C2.O=S(=O)(O)O. The van der Waals surface area contributed by atoms with E-state index in [1.807, 2.05) is 12.1 Å². The van der Waals surface area contributed by atoms with Crippen LogP contribution in [0.3, 0.4) is 0 Å². The maximum absolute atomic E-state index is 12.9. The minimum atomic E-state index is -4.67. The number of hydrogen-bond acceptors (Lipinski definition) is 6. The fourth-order valence-corrected chi connectivity index (χ4v) is 4.71. The van der Waals surface area contributed by atoms with Crippen LogP contribution >= 0.6 is 0 Å². The number of rotatable bonds is 6. The summed E-state index contributed by atoms with van der Waals surface area (Å²) >= 11 is 0. The number of carbonyl (C=O) groups is 1. The lowest BCUT2D eigenvalue weighted by molar-refractivity contribution is 0.0895. The summed E-state index contributed by atoms with van der Waals surface area (Å²) in [6.45, 7) is 3.27. The number of methoxy groups -OCH3 is 2. The summed E-state index contributed by atoms with van der Waals surface area (Å²) in [6.07, 6.45) is 4.19. The Morgan fingerprint density at radius 3 is 2.15 bits per heavy atom. The smallest absolute Gasteiger partial charge is 0.394 e. The lowest BCUT2D eigenvalue weighted by Crippen LogP contribution is -2.34. The van der Waals surface area contributed by atoms with Gasteiger partial charge in [-0.25, -0.2) is 0 Å². The van der Waals surface area contributed by atoms with Crippen LogP contribution in [0.1, 0.15) is 40.7 Å². The molecule has 9 heteroatoms. The molecule has 1 heterocycles. The molecule has 4 rings (SSSR count). The molecule has 2 aliphatic rings. The number of ether oxygens (including phenoxy) is 2. The van der Waals surface area contributed by atoms with Gasteiger partial charge in [0.2, 0.25) is 0 Å². The zero-order valence-electron chi connectivity index (χ0n) is 18.9. The Labute approximate surface area is 195 Å².